The molecule has 0 saturated heterocycles. The molecule has 118 valence electrons. The van der Waals surface area contributed by atoms with E-state index in [1.807, 2.05) is 80.6 Å². The Hall–Kier alpha value is -1.71. The lowest BCUT2D eigenvalue weighted by Gasteiger charge is -2.33. The van der Waals surface area contributed by atoms with Gasteiger partial charge in [-0.3, -0.25) is 4.79 Å². The van der Waals surface area contributed by atoms with Gasteiger partial charge in [0.05, 0.1) is 6.61 Å². The third kappa shape index (κ3) is 4.15. The van der Waals surface area contributed by atoms with E-state index in [0.717, 1.165) is 12.1 Å². The van der Waals surface area contributed by atoms with E-state index in [1.54, 1.807) is 0 Å². The highest BCUT2D eigenvalue weighted by Gasteiger charge is 2.39. The standard InChI is InChI=1S/C19H25NO2/c1-16(14-20(2)3)18(21)19(12-8-5-9-13-19)22-15-17-10-6-4-7-11-17/h4-12,16H,13-15H2,1-3H3. The molecule has 0 heterocycles. The Morgan fingerprint density at radius 3 is 2.59 bits per heavy atom. The molecule has 3 nitrogen and oxygen atoms in total. The summed E-state index contributed by atoms with van der Waals surface area (Å²) >= 11 is 0. The Balaban J connectivity index is 2.12. The monoisotopic (exact) mass is 299 g/mol. The average molecular weight is 299 g/mol. The Kier molecular flexibility index (Phi) is 5.69. The highest BCUT2D eigenvalue weighted by molar-refractivity contribution is 5.92. The van der Waals surface area contributed by atoms with Gasteiger partial charge in [-0.05, 0) is 25.7 Å². The molecule has 1 aromatic carbocycles. The molecular formula is C19H25NO2. The van der Waals surface area contributed by atoms with E-state index in [1.165, 1.54) is 0 Å². The number of carbonyl (C=O) groups excluding carboxylic acids is 1. The molecule has 1 aliphatic carbocycles. The van der Waals surface area contributed by atoms with E-state index in [2.05, 4.69) is 0 Å². The van der Waals surface area contributed by atoms with Gasteiger partial charge >= 0.3 is 0 Å². The summed E-state index contributed by atoms with van der Waals surface area (Å²) in [5.74, 6) is 0.0830. The zero-order valence-corrected chi connectivity index (χ0v) is 13.7. The third-order valence-electron chi connectivity index (χ3n) is 3.88. The number of rotatable bonds is 7. The predicted molar refractivity (Wildman–Crippen MR) is 89.6 cm³/mol. The van der Waals surface area contributed by atoms with E-state index >= 15 is 0 Å². The number of ether oxygens (including phenoxy) is 1. The molecule has 1 aliphatic rings. The van der Waals surface area contributed by atoms with Gasteiger partial charge in [-0.15, -0.1) is 0 Å². The van der Waals surface area contributed by atoms with Crippen molar-refractivity contribution in [3.8, 4) is 0 Å². The van der Waals surface area contributed by atoms with Crippen molar-refractivity contribution < 1.29 is 9.53 Å². The molecular weight excluding hydrogens is 274 g/mol. The Bertz CT molecular complexity index is 548. The maximum Gasteiger partial charge on any atom is 0.172 e. The van der Waals surface area contributed by atoms with Crippen molar-refractivity contribution in [2.24, 2.45) is 5.92 Å². The third-order valence-corrected chi connectivity index (χ3v) is 3.88. The minimum Gasteiger partial charge on any atom is -0.358 e. The first-order chi connectivity index (χ1) is 10.5. The van der Waals surface area contributed by atoms with Gasteiger partial charge in [0.15, 0.2) is 5.78 Å². The number of benzene rings is 1. The zero-order chi connectivity index (χ0) is 16.0. The molecule has 0 N–H and O–H groups in total. The van der Waals surface area contributed by atoms with E-state index in [9.17, 15) is 4.79 Å². The molecule has 22 heavy (non-hydrogen) atoms. The van der Waals surface area contributed by atoms with E-state index in [0.29, 0.717) is 13.0 Å². The summed E-state index contributed by atoms with van der Waals surface area (Å²) in [6, 6.07) is 9.98. The van der Waals surface area contributed by atoms with Gasteiger partial charge in [0.25, 0.3) is 0 Å². The van der Waals surface area contributed by atoms with Gasteiger partial charge in [0.1, 0.15) is 5.60 Å². The van der Waals surface area contributed by atoms with Crippen molar-refractivity contribution >= 4 is 5.78 Å². The summed E-state index contributed by atoms with van der Waals surface area (Å²) in [4.78, 5) is 15.0. The lowest BCUT2D eigenvalue weighted by atomic mass is 9.84. The minimum atomic E-state index is -0.833. The molecule has 0 aromatic heterocycles. The zero-order valence-electron chi connectivity index (χ0n) is 13.7. The number of hydrogen-bond acceptors (Lipinski definition) is 3. The SMILES string of the molecule is CC(CN(C)C)C(=O)C1(OCc2ccccc2)C=CC=CC1. The van der Waals surface area contributed by atoms with Crippen LogP contribution in [0.15, 0.2) is 54.6 Å². The predicted octanol–water partition coefficient (Wildman–Crippen LogP) is 3.22. The summed E-state index contributed by atoms with van der Waals surface area (Å²) in [5.41, 5.74) is 0.248. The van der Waals surface area contributed by atoms with Crippen LogP contribution in [0.25, 0.3) is 0 Å². The summed E-state index contributed by atoms with van der Waals surface area (Å²) in [6.07, 6.45) is 8.39. The van der Waals surface area contributed by atoms with Crippen LogP contribution in [0.1, 0.15) is 18.9 Å². The summed E-state index contributed by atoms with van der Waals surface area (Å²) in [7, 11) is 3.97. The van der Waals surface area contributed by atoms with Gasteiger partial charge in [-0.1, -0.05) is 55.5 Å². The van der Waals surface area contributed by atoms with Crippen LogP contribution in [0, 0.1) is 5.92 Å². The fraction of sp³-hybridized carbons (Fsp3) is 0.421. The molecule has 0 saturated carbocycles. The Labute approximate surface area is 133 Å². The van der Waals surface area contributed by atoms with Crippen LogP contribution < -0.4 is 0 Å². The number of nitrogens with zero attached hydrogens (tertiary/aromatic N) is 1. The van der Waals surface area contributed by atoms with Crippen LogP contribution in [0.5, 0.6) is 0 Å². The summed E-state index contributed by atoms with van der Waals surface area (Å²) < 4.78 is 6.12. The number of allylic oxidation sites excluding steroid dienone is 2. The van der Waals surface area contributed by atoms with Crippen LogP contribution in [0.4, 0.5) is 0 Å². The fourth-order valence-corrected chi connectivity index (χ4v) is 2.80. The van der Waals surface area contributed by atoms with Crippen LogP contribution in [0.3, 0.4) is 0 Å². The van der Waals surface area contributed by atoms with Gasteiger partial charge in [0, 0.05) is 18.9 Å². The van der Waals surface area contributed by atoms with Crippen LogP contribution in [-0.2, 0) is 16.1 Å². The molecule has 0 aliphatic heterocycles. The van der Waals surface area contributed by atoms with E-state index in [4.69, 9.17) is 4.74 Å². The number of Topliss-reactive ketones (excluding diaryl/α,β-unsaturated/α-hetero) is 1. The lowest BCUT2D eigenvalue weighted by Crippen LogP contribution is -2.45. The Morgan fingerprint density at radius 2 is 2.00 bits per heavy atom. The van der Waals surface area contributed by atoms with Gasteiger partial charge in [0.2, 0.25) is 0 Å². The molecule has 1 aromatic rings. The molecule has 0 bridgehead atoms. The van der Waals surface area contributed by atoms with Gasteiger partial charge in [-0.25, -0.2) is 0 Å². The first kappa shape index (κ1) is 16.7. The molecule has 0 radical (unpaired) electrons. The first-order valence-corrected chi connectivity index (χ1v) is 7.75. The molecule has 0 amide bonds. The first-order valence-electron chi connectivity index (χ1n) is 7.75. The molecule has 0 spiro atoms. The van der Waals surface area contributed by atoms with Crippen molar-refractivity contribution in [2.45, 2.75) is 25.6 Å². The summed E-state index contributed by atoms with van der Waals surface area (Å²) in [6.45, 7) is 3.15. The minimum absolute atomic E-state index is 0.0677. The summed E-state index contributed by atoms with van der Waals surface area (Å²) in [5, 5.41) is 0. The normalized spacial score (nSPS) is 22.0. The molecule has 0 fully saturated rings. The van der Waals surface area contributed by atoms with Crippen molar-refractivity contribution in [1.29, 1.82) is 0 Å². The second-order valence-corrected chi connectivity index (χ2v) is 6.18. The molecule has 2 atom stereocenters. The second-order valence-electron chi connectivity index (χ2n) is 6.18. The number of hydrogen-bond donors (Lipinski definition) is 0. The van der Waals surface area contributed by atoms with Crippen LogP contribution in [-0.4, -0.2) is 36.9 Å². The molecule has 3 heteroatoms. The number of ketones is 1. The van der Waals surface area contributed by atoms with Crippen LogP contribution >= 0.6 is 0 Å². The van der Waals surface area contributed by atoms with Crippen molar-refractivity contribution in [2.75, 3.05) is 20.6 Å². The van der Waals surface area contributed by atoms with Gasteiger partial charge in [-0.2, -0.15) is 0 Å². The molecule has 2 unspecified atom stereocenters. The highest BCUT2D eigenvalue weighted by atomic mass is 16.5. The maximum atomic E-state index is 12.9. The fourth-order valence-electron chi connectivity index (χ4n) is 2.80. The molecule has 2 rings (SSSR count). The quantitative estimate of drug-likeness (QED) is 0.774. The van der Waals surface area contributed by atoms with Crippen molar-refractivity contribution in [3.63, 3.8) is 0 Å². The van der Waals surface area contributed by atoms with E-state index < -0.39 is 5.60 Å². The maximum absolute atomic E-state index is 12.9. The van der Waals surface area contributed by atoms with E-state index in [-0.39, 0.29) is 11.7 Å². The van der Waals surface area contributed by atoms with Crippen molar-refractivity contribution in [3.05, 3.63) is 60.2 Å². The smallest absolute Gasteiger partial charge is 0.172 e. The Morgan fingerprint density at radius 1 is 1.27 bits per heavy atom. The average Bonchev–Trinajstić information content (AvgIpc) is 2.53. The number of carbonyl (C=O) groups is 1. The largest absolute Gasteiger partial charge is 0.358 e. The second kappa shape index (κ2) is 7.52. The highest BCUT2D eigenvalue weighted by Crippen LogP contribution is 2.28. The lowest BCUT2D eigenvalue weighted by molar-refractivity contribution is -0.144. The van der Waals surface area contributed by atoms with Crippen LogP contribution in [0.2, 0.25) is 0 Å². The van der Waals surface area contributed by atoms with Crippen molar-refractivity contribution in [1.82, 2.24) is 4.90 Å². The van der Waals surface area contributed by atoms with Gasteiger partial charge < -0.3 is 9.64 Å². The topological polar surface area (TPSA) is 29.5 Å².